The number of nitrogens with zero attached hydrogens (tertiary/aromatic N) is 1. The number of hydrogen-bond acceptors (Lipinski definition) is 2. The molecule has 0 bridgehead atoms. The predicted octanol–water partition coefficient (Wildman–Crippen LogP) is 3.90. The Morgan fingerprint density at radius 2 is 2.00 bits per heavy atom. The third kappa shape index (κ3) is 3.54. The zero-order chi connectivity index (χ0) is 13.9. The Bertz CT molecular complexity index is 544. The normalized spacial score (nSPS) is 12.3. The van der Waals surface area contributed by atoms with Crippen molar-refractivity contribution >= 4 is 10.9 Å². The molecule has 0 fully saturated rings. The highest BCUT2D eigenvalue weighted by molar-refractivity contribution is 5.79. The topological polar surface area (TPSA) is 24.9 Å². The third-order valence-electron chi connectivity index (χ3n) is 3.69. The van der Waals surface area contributed by atoms with Gasteiger partial charge in [0.15, 0.2) is 0 Å². The Hall–Kier alpha value is -1.41. The van der Waals surface area contributed by atoms with Crippen molar-refractivity contribution < 1.29 is 0 Å². The summed E-state index contributed by atoms with van der Waals surface area (Å²) in [6.45, 7) is 10.1. The van der Waals surface area contributed by atoms with Crippen molar-refractivity contribution in [1.29, 1.82) is 0 Å². The van der Waals surface area contributed by atoms with Crippen molar-refractivity contribution in [2.45, 2.75) is 45.6 Å². The summed E-state index contributed by atoms with van der Waals surface area (Å²) in [6.07, 6.45) is 2.98. The zero-order valence-corrected chi connectivity index (χ0v) is 12.4. The van der Waals surface area contributed by atoms with Gasteiger partial charge >= 0.3 is 0 Å². The standard InChI is InChI=1S/C17H24N2/c1-13(2)18-11-9-17(3,4)15-7-8-16-14(12-15)6-5-10-19-16/h5-8,10,12-13,18H,9,11H2,1-4H3. The van der Waals surface area contributed by atoms with Crippen LogP contribution in [0.5, 0.6) is 0 Å². The summed E-state index contributed by atoms with van der Waals surface area (Å²) in [5, 5.41) is 4.72. The summed E-state index contributed by atoms with van der Waals surface area (Å²) in [4.78, 5) is 4.38. The molecule has 1 heterocycles. The number of aromatic nitrogens is 1. The lowest BCUT2D eigenvalue weighted by atomic mass is 9.81. The van der Waals surface area contributed by atoms with E-state index in [1.165, 1.54) is 10.9 Å². The second-order valence-electron chi connectivity index (χ2n) is 6.15. The predicted molar refractivity (Wildman–Crippen MR) is 82.5 cm³/mol. The van der Waals surface area contributed by atoms with Crippen LogP contribution in [0.4, 0.5) is 0 Å². The Balaban J connectivity index is 2.17. The molecule has 1 aromatic heterocycles. The van der Waals surface area contributed by atoms with E-state index >= 15 is 0 Å². The van der Waals surface area contributed by atoms with E-state index in [0.717, 1.165) is 18.5 Å². The number of pyridine rings is 1. The number of hydrogen-bond donors (Lipinski definition) is 1. The lowest BCUT2D eigenvalue weighted by Crippen LogP contribution is -2.29. The van der Waals surface area contributed by atoms with Crippen molar-refractivity contribution in [2.24, 2.45) is 0 Å². The van der Waals surface area contributed by atoms with Crippen LogP contribution < -0.4 is 5.32 Å². The van der Waals surface area contributed by atoms with Gasteiger partial charge in [0.05, 0.1) is 5.52 Å². The molecule has 0 unspecified atom stereocenters. The van der Waals surface area contributed by atoms with Crippen LogP contribution in [-0.2, 0) is 5.41 Å². The van der Waals surface area contributed by atoms with Crippen molar-refractivity contribution in [1.82, 2.24) is 10.3 Å². The molecule has 2 heteroatoms. The maximum atomic E-state index is 4.38. The summed E-state index contributed by atoms with van der Waals surface area (Å²) in [5.41, 5.74) is 2.65. The Morgan fingerprint density at radius 3 is 2.74 bits per heavy atom. The summed E-state index contributed by atoms with van der Waals surface area (Å²) in [6, 6.07) is 11.3. The molecule has 2 rings (SSSR count). The smallest absolute Gasteiger partial charge is 0.0702 e. The van der Waals surface area contributed by atoms with Gasteiger partial charge in [-0.25, -0.2) is 0 Å². The minimum absolute atomic E-state index is 0.186. The van der Waals surface area contributed by atoms with Gasteiger partial charge in [0, 0.05) is 17.6 Å². The van der Waals surface area contributed by atoms with E-state index < -0.39 is 0 Å². The van der Waals surface area contributed by atoms with Crippen molar-refractivity contribution in [3.05, 3.63) is 42.1 Å². The van der Waals surface area contributed by atoms with Gasteiger partial charge in [-0.1, -0.05) is 39.8 Å². The van der Waals surface area contributed by atoms with Crippen LogP contribution in [0.15, 0.2) is 36.5 Å². The lowest BCUT2D eigenvalue weighted by Gasteiger charge is -2.26. The summed E-state index contributed by atoms with van der Waals surface area (Å²) in [5.74, 6) is 0. The van der Waals surface area contributed by atoms with E-state index in [0.29, 0.717) is 6.04 Å². The fourth-order valence-electron chi connectivity index (χ4n) is 2.31. The average molecular weight is 256 g/mol. The molecule has 1 aromatic carbocycles. The molecule has 0 spiro atoms. The van der Waals surface area contributed by atoms with Crippen LogP contribution in [0.2, 0.25) is 0 Å². The maximum Gasteiger partial charge on any atom is 0.0702 e. The largest absolute Gasteiger partial charge is 0.315 e. The maximum absolute atomic E-state index is 4.38. The van der Waals surface area contributed by atoms with Gasteiger partial charge in [-0.3, -0.25) is 4.98 Å². The molecular formula is C17H24N2. The monoisotopic (exact) mass is 256 g/mol. The van der Waals surface area contributed by atoms with E-state index in [1.807, 2.05) is 12.3 Å². The van der Waals surface area contributed by atoms with E-state index in [2.05, 4.69) is 62.3 Å². The Labute approximate surface area is 116 Å². The Morgan fingerprint density at radius 1 is 1.21 bits per heavy atom. The summed E-state index contributed by atoms with van der Waals surface area (Å²) < 4.78 is 0. The van der Waals surface area contributed by atoms with Gasteiger partial charge < -0.3 is 5.32 Å². The number of rotatable bonds is 5. The van der Waals surface area contributed by atoms with E-state index in [4.69, 9.17) is 0 Å². The molecule has 102 valence electrons. The second kappa shape index (κ2) is 5.70. The second-order valence-corrected chi connectivity index (χ2v) is 6.15. The van der Waals surface area contributed by atoms with Crippen molar-refractivity contribution in [3.63, 3.8) is 0 Å². The Kier molecular flexibility index (Phi) is 4.20. The molecule has 2 aromatic rings. The van der Waals surface area contributed by atoms with Gasteiger partial charge in [-0.05, 0) is 42.1 Å². The van der Waals surface area contributed by atoms with Gasteiger partial charge in [0.1, 0.15) is 0 Å². The quantitative estimate of drug-likeness (QED) is 0.877. The van der Waals surface area contributed by atoms with Gasteiger partial charge in [0.25, 0.3) is 0 Å². The molecule has 1 N–H and O–H groups in total. The first-order valence-electron chi connectivity index (χ1n) is 7.08. The lowest BCUT2D eigenvalue weighted by molar-refractivity contribution is 0.442. The fourth-order valence-corrected chi connectivity index (χ4v) is 2.31. The van der Waals surface area contributed by atoms with Crippen LogP contribution in [-0.4, -0.2) is 17.6 Å². The van der Waals surface area contributed by atoms with Crippen LogP contribution in [0.3, 0.4) is 0 Å². The van der Waals surface area contributed by atoms with Crippen LogP contribution >= 0.6 is 0 Å². The molecule has 0 aliphatic rings. The summed E-state index contributed by atoms with van der Waals surface area (Å²) in [7, 11) is 0. The highest BCUT2D eigenvalue weighted by Crippen LogP contribution is 2.28. The molecule has 0 saturated carbocycles. The highest BCUT2D eigenvalue weighted by Gasteiger charge is 2.20. The molecule has 0 radical (unpaired) electrons. The van der Waals surface area contributed by atoms with E-state index in [9.17, 15) is 0 Å². The van der Waals surface area contributed by atoms with Crippen LogP contribution in [0.1, 0.15) is 39.7 Å². The van der Waals surface area contributed by atoms with Gasteiger partial charge in [-0.15, -0.1) is 0 Å². The molecule has 0 amide bonds. The molecule has 0 atom stereocenters. The van der Waals surface area contributed by atoms with Gasteiger partial charge in [0.2, 0.25) is 0 Å². The molecule has 2 nitrogen and oxygen atoms in total. The van der Waals surface area contributed by atoms with Crippen molar-refractivity contribution in [3.8, 4) is 0 Å². The molecule has 0 aliphatic carbocycles. The minimum atomic E-state index is 0.186. The minimum Gasteiger partial charge on any atom is -0.315 e. The fraction of sp³-hybridized carbons (Fsp3) is 0.471. The molecular weight excluding hydrogens is 232 g/mol. The number of benzene rings is 1. The summed E-state index contributed by atoms with van der Waals surface area (Å²) >= 11 is 0. The third-order valence-corrected chi connectivity index (χ3v) is 3.69. The first kappa shape index (κ1) is 14.0. The number of fused-ring (bicyclic) bond motifs is 1. The van der Waals surface area contributed by atoms with E-state index in [-0.39, 0.29) is 5.41 Å². The highest BCUT2D eigenvalue weighted by atomic mass is 14.9. The molecule has 0 saturated heterocycles. The molecule has 0 aliphatic heterocycles. The van der Waals surface area contributed by atoms with Crippen LogP contribution in [0, 0.1) is 0 Å². The van der Waals surface area contributed by atoms with Crippen molar-refractivity contribution in [2.75, 3.05) is 6.54 Å². The average Bonchev–Trinajstić information content (AvgIpc) is 2.37. The van der Waals surface area contributed by atoms with E-state index in [1.54, 1.807) is 0 Å². The van der Waals surface area contributed by atoms with Crippen LogP contribution in [0.25, 0.3) is 10.9 Å². The first-order chi connectivity index (χ1) is 8.99. The molecule has 19 heavy (non-hydrogen) atoms. The first-order valence-corrected chi connectivity index (χ1v) is 7.08. The van der Waals surface area contributed by atoms with Gasteiger partial charge in [-0.2, -0.15) is 0 Å². The number of nitrogens with one attached hydrogen (secondary N) is 1. The zero-order valence-electron chi connectivity index (χ0n) is 12.4. The SMILES string of the molecule is CC(C)NCCC(C)(C)c1ccc2ncccc2c1.